The summed E-state index contributed by atoms with van der Waals surface area (Å²) in [5.41, 5.74) is 0.754. The summed E-state index contributed by atoms with van der Waals surface area (Å²) in [5, 5.41) is 11.0. The van der Waals surface area contributed by atoms with Gasteiger partial charge in [0.2, 0.25) is 0 Å². The maximum atomic E-state index is 12.2. The first kappa shape index (κ1) is 18.8. The average Bonchev–Trinajstić information content (AvgIpc) is 3.28. The van der Waals surface area contributed by atoms with Crippen LogP contribution < -0.4 is 21.3 Å². The molecule has 0 saturated heterocycles. The normalized spacial score (nSPS) is 12.9. The number of anilines is 1. The van der Waals surface area contributed by atoms with Crippen molar-refractivity contribution in [3.05, 3.63) is 52.9 Å². The van der Waals surface area contributed by atoms with Crippen LogP contribution in [0, 0.1) is 0 Å². The lowest BCUT2D eigenvalue weighted by molar-refractivity contribution is 0.0924. The van der Waals surface area contributed by atoms with Crippen LogP contribution in [0.2, 0.25) is 5.02 Å². The predicted octanol–water partition coefficient (Wildman–Crippen LogP) is 2.38. The molecule has 3 rings (SSSR count). The fourth-order valence-electron chi connectivity index (χ4n) is 2.29. The second-order valence-electron chi connectivity index (χ2n) is 6.06. The van der Waals surface area contributed by atoms with Crippen molar-refractivity contribution in [3.8, 4) is 0 Å². The van der Waals surface area contributed by atoms with Gasteiger partial charge in [0.25, 0.3) is 11.8 Å². The summed E-state index contributed by atoms with van der Waals surface area (Å²) in [6.45, 7) is 0.462. The second kappa shape index (κ2) is 8.59. The van der Waals surface area contributed by atoms with Crippen molar-refractivity contribution in [1.82, 2.24) is 16.0 Å². The fraction of sp³-hybridized carbons (Fsp3) is 0.278. The summed E-state index contributed by atoms with van der Waals surface area (Å²) < 4.78 is 4.97. The Kier molecular flexibility index (Phi) is 5.97. The SMILES string of the molecule is O=C(NCCNC(=O)c1ccco1)Nc1ccc(Cl)c(C(=O)NC2CC2)c1. The van der Waals surface area contributed by atoms with Crippen molar-refractivity contribution in [3.63, 3.8) is 0 Å². The summed E-state index contributed by atoms with van der Waals surface area (Å²) in [6.07, 6.45) is 3.35. The van der Waals surface area contributed by atoms with Gasteiger partial charge in [-0.2, -0.15) is 0 Å². The van der Waals surface area contributed by atoms with E-state index in [-0.39, 0.29) is 36.7 Å². The summed E-state index contributed by atoms with van der Waals surface area (Å²) in [4.78, 5) is 35.8. The van der Waals surface area contributed by atoms with Crippen LogP contribution in [0.3, 0.4) is 0 Å². The first-order chi connectivity index (χ1) is 13.0. The Morgan fingerprint density at radius 1 is 1.07 bits per heavy atom. The molecule has 1 heterocycles. The zero-order valence-corrected chi connectivity index (χ0v) is 15.1. The molecule has 0 aliphatic heterocycles. The van der Waals surface area contributed by atoms with Gasteiger partial charge in [0, 0.05) is 24.8 Å². The predicted molar refractivity (Wildman–Crippen MR) is 100 cm³/mol. The molecule has 1 aliphatic rings. The molecule has 0 spiro atoms. The summed E-state index contributed by atoms with van der Waals surface area (Å²) in [7, 11) is 0. The van der Waals surface area contributed by atoms with Crippen molar-refractivity contribution < 1.29 is 18.8 Å². The molecule has 1 fully saturated rings. The summed E-state index contributed by atoms with van der Waals surface area (Å²) in [5.74, 6) is -0.406. The molecule has 0 unspecified atom stereocenters. The van der Waals surface area contributed by atoms with Crippen LogP contribution in [0.15, 0.2) is 41.0 Å². The van der Waals surface area contributed by atoms with Gasteiger partial charge >= 0.3 is 6.03 Å². The number of hydrogen-bond donors (Lipinski definition) is 4. The number of carbonyl (C=O) groups excluding carboxylic acids is 3. The quantitative estimate of drug-likeness (QED) is 0.543. The van der Waals surface area contributed by atoms with Gasteiger partial charge in [0.15, 0.2) is 5.76 Å². The number of furan rings is 1. The van der Waals surface area contributed by atoms with Gasteiger partial charge in [0.1, 0.15) is 0 Å². The third-order valence-electron chi connectivity index (χ3n) is 3.82. The van der Waals surface area contributed by atoms with Gasteiger partial charge in [0.05, 0.1) is 16.8 Å². The first-order valence-electron chi connectivity index (χ1n) is 8.50. The van der Waals surface area contributed by atoms with E-state index in [4.69, 9.17) is 16.0 Å². The number of halogens is 1. The minimum Gasteiger partial charge on any atom is -0.459 e. The van der Waals surface area contributed by atoms with Gasteiger partial charge in [-0.3, -0.25) is 9.59 Å². The largest absolute Gasteiger partial charge is 0.459 e. The molecule has 8 nitrogen and oxygen atoms in total. The molecule has 4 amide bonds. The molecule has 1 aromatic carbocycles. The van der Waals surface area contributed by atoms with Gasteiger partial charge < -0.3 is 25.7 Å². The van der Waals surface area contributed by atoms with E-state index in [1.807, 2.05) is 0 Å². The van der Waals surface area contributed by atoms with Crippen LogP contribution in [0.5, 0.6) is 0 Å². The van der Waals surface area contributed by atoms with Gasteiger partial charge in [-0.15, -0.1) is 0 Å². The first-order valence-corrected chi connectivity index (χ1v) is 8.87. The number of benzene rings is 1. The molecule has 0 bridgehead atoms. The standard InChI is InChI=1S/C18H19ClN4O4/c19-14-6-5-12(10-13(14)16(24)22-11-3-4-11)23-18(26)21-8-7-20-17(25)15-2-1-9-27-15/h1-2,5-6,9-11H,3-4,7-8H2,(H,20,25)(H,22,24)(H2,21,23,26). The Morgan fingerprint density at radius 3 is 2.56 bits per heavy atom. The highest BCUT2D eigenvalue weighted by molar-refractivity contribution is 6.34. The molecule has 1 saturated carbocycles. The fourth-order valence-corrected chi connectivity index (χ4v) is 2.49. The maximum Gasteiger partial charge on any atom is 0.319 e. The van der Waals surface area contributed by atoms with Gasteiger partial charge in [-0.25, -0.2) is 4.79 Å². The van der Waals surface area contributed by atoms with Crippen LogP contribution in [0.25, 0.3) is 0 Å². The number of rotatable bonds is 7. The van der Waals surface area contributed by atoms with Crippen LogP contribution in [0.4, 0.5) is 10.5 Å². The number of urea groups is 1. The smallest absolute Gasteiger partial charge is 0.319 e. The Balaban J connectivity index is 1.44. The van der Waals surface area contributed by atoms with Crippen molar-refractivity contribution in [2.45, 2.75) is 18.9 Å². The third kappa shape index (κ3) is 5.49. The zero-order chi connectivity index (χ0) is 19.2. The van der Waals surface area contributed by atoms with E-state index in [1.165, 1.54) is 12.3 Å². The maximum absolute atomic E-state index is 12.2. The van der Waals surface area contributed by atoms with E-state index in [0.29, 0.717) is 16.3 Å². The summed E-state index contributed by atoms with van der Waals surface area (Å²) >= 11 is 6.07. The van der Waals surface area contributed by atoms with E-state index in [1.54, 1.807) is 24.3 Å². The third-order valence-corrected chi connectivity index (χ3v) is 4.15. The van der Waals surface area contributed by atoms with Crippen LogP contribution in [-0.2, 0) is 0 Å². The number of hydrogen-bond acceptors (Lipinski definition) is 4. The molecule has 2 aromatic rings. The topological polar surface area (TPSA) is 112 Å². The molecular weight excluding hydrogens is 372 g/mol. The Hall–Kier alpha value is -3.00. The van der Waals surface area contributed by atoms with E-state index in [2.05, 4.69) is 21.3 Å². The Bertz CT molecular complexity index is 834. The Labute approximate surface area is 160 Å². The second-order valence-corrected chi connectivity index (χ2v) is 6.46. The van der Waals surface area contributed by atoms with E-state index < -0.39 is 6.03 Å². The molecule has 4 N–H and O–H groups in total. The monoisotopic (exact) mass is 390 g/mol. The van der Waals surface area contributed by atoms with Crippen LogP contribution in [-0.4, -0.2) is 37.0 Å². The number of carbonyl (C=O) groups is 3. The molecule has 0 atom stereocenters. The van der Waals surface area contributed by atoms with Crippen molar-refractivity contribution in [2.75, 3.05) is 18.4 Å². The lowest BCUT2D eigenvalue weighted by Crippen LogP contribution is -2.36. The van der Waals surface area contributed by atoms with Gasteiger partial charge in [-0.1, -0.05) is 11.6 Å². The van der Waals surface area contributed by atoms with E-state index in [9.17, 15) is 14.4 Å². The molecule has 0 radical (unpaired) electrons. The number of nitrogens with one attached hydrogen (secondary N) is 4. The van der Waals surface area contributed by atoms with Crippen molar-refractivity contribution in [2.24, 2.45) is 0 Å². The molecule has 142 valence electrons. The number of amides is 4. The molecule has 9 heteroatoms. The Morgan fingerprint density at radius 2 is 1.85 bits per heavy atom. The average molecular weight is 391 g/mol. The highest BCUT2D eigenvalue weighted by Gasteiger charge is 2.24. The molecule has 27 heavy (non-hydrogen) atoms. The van der Waals surface area contributed by atoms with Gasteiger partial charge in [-0.05, 0) is 43.2 Å². The zero-order valence-electron chi connectivity index (χ0n) is 14.4. The lowest BCUT2D eigenvalue weighted by Gasteiger charge is -2.11. The van der Waals surface area contributed by atoms with Crippen LogP contribution >= 0.6 is 11.6 Å². The summed E-state index contributed by atoms with van der Waals surface area (Å²) in [6, 6.07) is 7.61. The molecule has 1 aromatic heterocycles. The van der Waals surface area contributed by atoms with E-state index in [0.717, 1.165) is 12.8 Å². The van der Waals surface area contributed by atoms with Crippen LogP contribution in [0.1, 0.15) is 33.8 Å². The highest BCUT2D eigenvalue weighted by atomic mass is 35.5. The minimum absolute atomic E-state index is 0.206. The lowest BCUT2D eigenvalue weighted by atomic mass is 10.2. The minimum atomic E-state index is -0.460. The molecule has 1 aliphatic carbocycles. The van der Waals surface area contributed by atoms with E-state index >= 15 is 0 Å². The molecular formula is C18H19ClN4O4. The highest BCUT2D eigenvalue weighted by Crippen LogP contribution is 2.23. The van der Waals surface area contributed by atoms with Crippen molar-refractivity contribution >= 4 is 35.1 Å². The van der Waals surface area contributed by atoms with Crippen molar-refractivity contribution in [1.29, 1.82) is 0 Å².